The molecule has 1 heterocycles. The van der Waals surface area contributed by atoms with E-state index in [-0.39, 0.29) is 12.7 Å². The minimum Gasteiger partial charge on any atom is -0.389 e. The molecule has 0 saturated carbocycles. The number of allylic oxidation sites excluding steroid dienone is 3. The van der Waals surface area contributed by atoms with Crippen molar-refractivity contribution in [3.05, 3.63) is 35.5 Å². The van der Waals surface area contributed by atoms with Crippen molar-refractivity contribution < 1.29 is 19.7 Å². The van der Waals surface area contributed by atoms with Gasteiger partial charge in [0.05, 0.1) is 18.8 Å². The number of carbonyl (C=O) groups is 1. The minimum absolute atomic E-state index is 0.0713. The highest BCUT2D eigenvalue weighted by atomic mass is 16.5. The van der Waals surface area contributed by atoms with Crippen LogP contribution in [0.4, 0.5) is 0 Å². The summed E-state index contributed by atoms with van der Waals surface area (Å²) in [6.07, 6.45) is 7.53. The number of ether oxygens (including phenoxy) is 1. The summed E-state index contributed by atoms with van der Waals surface area (Å²) in [5.74, 6) is -0.405. The van der Waals surface area contributed by atoms with E-state index in [4.69, 9.17) is 4.74 Å². The third kappa shape index (κ3) is 2.71. The molecule has 0 aromatic heterocycles. The molecule has 1 aliphatic heterocycles. The number of carbonyl (C=O) groups excluding carboxylic acids is 1. The first-order valence-electron chi connectivity index (χ1n) is 6.54. The number of rotatable bonds is 2. The molecule has 0 aromatic carbocycles. The molecular formula is C15H20O4. The fourth-order valence-electron chi connectivity index (χ4n) is 2.46. The van der Waals surface area contributed by atoms with Crippen molar-refractivity contribution >= 4 is 5.78 Å². The second-order valence-corrected chi connectivity index (χ2v) is 5.24. The maximum atomic E-state index is 12.1. The van der Waals surface area contributed by atoms with E-state index < -0.39 is 17.5 Å². The highest BCUT2D eigenvalue weighted by Crippen LogP contribution is 2.35. The Morgan fingerprint density at radius 1 is 1.37 bits per heavy atom. The summed E-state index contributed by atoms with van der Waals surface area (Å²) in [5, 5.41) is 19.8. The van der Waals surface area contributed by atoms with Crippen LogP contribution in [0, 0.1) is 0 Å². The first-order valence-corrected chi connectivity index (χ1v) is 6.54. The van der Waals surface area contributed by atoms with Gasteiger partial charge in [0, 0.05) is 5.57 Å². The molecule has 0 aromatic rings. The van der Waals surface area contributed by atoms with Gasteiger partial charge in [-0.15, -0.1) is 0 Å². The van der Waals surface area contributed by atoms with E-state index >= 15 is 0 Å². The second kappa shape index (κ2) is 5.41. The highest BCUT2D eigenvalue weighted by Gasteiger charge is 2.46. The first kappa shape index (κ1) is 14.2. The van der Waals surface area contributed by atoms with Crippen LogP contribution < -0.4 is 0 Å². The summed E-state index contributed by atoms with van der Waals surface area (Å²) in [5.41, 5.74) is -0.244. The maximum absolute atomic E-state index is 12.1. The Balaban J connectivity index is 2.16. The molecule has 0 bridgehead atoms. The lowest BCUT2D eigenvalue weighted by Crippen LogP contribution is -2.52. The third-order valence-corrected chi connectivity index (χ3v) is 3.77. The molecule has 0 fully saturated rings. The smallest absolute Gasteiger partial charge is 0.195 e. The summed E-state index contributed by atoms with van der Waals surface area (Å²) in [4.78, 5) is 12.1. The van der Waals surface area contributed by atoms with Crippen LogP contribution >= 0.6 is 0 Å². The predicted octanol–water partition coefficient (Wildman–Crippen LogP) is 1.29. The number of hydrogen-bond donors (Lipinski definition) is 2. The van der Waals surface area contributed by atoms with Gasteiger partial charge < -0.3 is 14.9 Å². The van der Waals surface area contributed by atoms with E-state index in [9.17, 15) is 15.0 Å². The molecular weight excluding hydrogens is 244 g/mol. The summed E-state index contributed by atoms with van der Waals surface area (Å²) in [6.45, 7) is 3.51. The summed E-state index contributed by atoms with van der Waals surface area (Å²) >= 11 is 0. The maximum Gasteiger partial charge on any atom is 0.195 e. The summed E-state index contributed by atoms with van der Waals surface area (Å²) in [7, 11) is 0. The van der Waals surface area contributed by atoms with E-state index in [1.165, 1.54) is 6.92 Å². The van der Waals surface area contributed by atoms with Gasteiger partial charge in [-0.3, -0.25) is 4.79 Å². The Morgan fingerprint density at radius 3 is 2.79 bits per heavy atom. The zero-order valence-electron chi connectivity index (χ0n) is 11.3. The zero-order chi connectivity index (χ0) is 14.0. The van der Waals surface area contributed by atoms with E-state index in [2.05, 4.69) is 0 Å². The minimum atomic E-state index is -1.68. The largest absolute Gasteiger partial charge is 0.389 e. The lowest BCUT2D eigenvalue weighted by atomic mass is 9.76. The molecule has 4 heteroatoms. The Bertz CT molecular complexity index is 457. The lowest BCUT2D eigenvalue weighted by molar-refractivity contribution is -0.146. The van der Waals surface area contributed by atoms with Crippen molar-refractivity contribution in [2.75, 3.05) is 6.61 Å². The van der Waals surface area contributed by atoms with Gasteiger partial charge >= 0.3 is 0 Å². The summed E-state index contributed by atoms with van der Waals surface area (Å²) < 4.78 is 5.60. The van der Waals surface area contributed by atoms with Crippen molar-refractivity contribution in [1.29, 1.82) is 0 Å². The molecule has 3 atom stereocenters. The normalized spacial score (nSPS) is 36.3. The van der Waals surface area contributed by atoms with Gasteiger partial charge in [0.25, 0.3) is 0 Å². The van der Waals surface area contributed by atoms with E-state index in [1.807, 2.05) is 31.2 Å². The summed E-state index contributed by atoms with van der Waals surface area (Å²) in [6, 6.07) is 0. The molecule has 19 heavy (non-hydrogen) atoms. The van der Waals surface area contributed by atoms with Crippen LogP contribution in [0.3, 0.4) is 0 Å². The lowest BCUT2D eigenvalue weighted by Gasteiger charge is -2.38. The van der Waals surface area contributed by atoms with E-state index in [1.54, 1.807) is 0 Å². The quantitative estimate of drug-likeness (QED) is 0.738. The van der Waals surface area contributed by atoms with Gasteiger partial charge in [0.15, 0.2) is 11.4 Å². The first-order chi connectivity index (χ1) is 8.96. The van der Waals surface area contributed by atoms with Gasteiger partial charge in [-0.2, -0.15) is 0 Å². The number of Topliss-reactive ketones (excluding diaryl/α,β-unsaturated/α-hetero) is 1. The van der Waals surface area contributed by atoms with Crippen LogP contribution in [-0.2, 0) is 9.53 Å². The molecule has 1 aliphatic carbocycles. The molecule has 0 amide bonds. The van der Waals surface area contributed by atoms with Crippen LogP contribution in [0.5, 0.6) is 0 Å². The van der Waals surface area contributed by atoms with Gasteiger partial charge in [0.2, 0.25) is 0 Å². The van der Waals surface area contributed by atoms with Crippen LogP contribution in [-0.4, -0.2) is 40.4 Å². The van der Waals surface area contributed by atoms with Crippen LogP contribution in [0.25, 0.3) is 0 Å². The molecule has 0 saturated heterocycles. The Kier molecular flexibility index (Phi) is 4.04. The Morgan fingerprint density at radius 2 is 2.11 bits per heavy atom. The molecule has 0 spiro atoms. The second-order valence-electron chi connectivity index (χ2n) is 5.24. The standard InChI is InChI=1S/C15H20O4/c1-3-4-5-6-11-7-10-8-13(16)15(2,18)14(17)12(10)9-19-11/h3-6,11,13,16,18H,7-9H2,1-2H3. The monoisotopic (exact) mass is 264 g/mol. The fourth-order valence-corrected chi connectivity index (χ4v) is 2.46. The van der Waals surface area contributed by atoms with Gasteiger partial charge in [0.1, 0.15) is 0 Å². The SMILES string of the molecule is CC=CC=CC1CC2=C(CO1)C(=O)C(C)(O)C(O)C2. The van der Waals surface area contributed by atoms with Gasteiger partial charge in [-0.05, 0) is 26.7 Å². The molecule has 0 radical (unpaired) electrons. The zero-order valence-corrected chi connectivity index (χ0v) is 11.3. The number of aliphatic hydroxyl groups is 2. The highest BCUT2D eigenvalue weighted by molar-refractivity contribution is 6.04. The topological polar surface area (TPSA) is 66.8 Å². The Labute approximate surface area is 113 Å². The van der Waals surface area contributed by atoms with Gasteiger partial charge in [-0.25, -0.2) is 0 Å². The van der Waals surface area contributed by atoms with Crippen molar-refractivity contribution in [1.82, 2.24) is 0 Å². The van der Waals surface area contributed by atoms with Crippen LogP contribution in [0.15, 0.2) is 35.5 Å². The van der Waals surface area contributed by atoms with E-state index in [0.29, 0.717) is 18.4 Å². The van der Waals surface area contributed by atoms with Crippen LogP contribution in [0.1, 0.15) is 26.7 Å². The number of ketones is 1. The van der Waals surface area contributed by atoms with Crippen molar-refractivity contribution in [2.24, 2.45) is 0 Å². The average molecular weight is 264 g/mol. The van der Waals surface area contributed by atoms with Crippen molar-refractivity contribution in [3.63, 3.8) is 0 Å². The van der Waals surface area contributed by atoms with E-state index in [0.717, 1.165) is 5.57 Å². The molecule has 104 valence electrons. The number of aliphatic hydroxyl groups excluding tert-OH is 1. The van der Waals surface area contributed by atoms with Crippen LogP contribution in [0.2, 0.25) is 0 Å². The predicted molar refractivity (Wildman–Crippen MR) is 71.6 cm³/mol. The Hall–Kier alpha value is -1.23. The molecule has 2 aliphatic rings. The van der Waals surface area contributed by atoms with Crippen molar-refractivity contribution in [2.45, 2.75) is 44.5 Å². The third-order valence-electron chi connectivity index (χ3n) is 3.77. The average Bonchev–Trinajstić information content (AvgIpc) is 2.37. The van der Waals surface area contributed by atoms with Crippen molar-refractivity contribution in [3.8, 4) is 0 Å². The molecule has 3 unspecified atom stereocenters. The molecule has 4 nitrogen and oxygen atoms in total. The molecule has 2 N–H and O–H groups in total. The van der Waals surface area contributed by atoms with Gasteiger partial charge in [-0.1, -0.05) is 29.9 Å². The number of hydrogen-bond acceptors (Lipinski definition) is 4. The molecule has 2 rings (SSSR count). The fraction of sp³-hybridized carbons (Fsp3) is 0.533.